The number of urea groups is 1. The van der Waals surface area contributed by atoms with Crippen LogP contribution in [-0.4, -0.2) is 173 Å². The first-order valence-corrected chi connectivity index (χ1v) is 21.5. The van der Waals surface area contributed by atoms with Crippen molar-refractivity contribution in [1.82, 2.24) is 15.1 Å². The number of likely N-dealkylation sites (N-methyl/N-ethyl adjacent to an activating group) is 1. The third-order valence-corrected chi connectivity index (χ3v) is 13.0. The van der Waals surface area contributed by atoms with E-state index >= 15 is 0 Å². The maximum absolute atomic E-state index is 14.5. The van der Waals surface area contributed by atoms with Crippen LogP contribution in [0.15, 0.2) is 12.7 Å². The normalized spacial score (nSPS) is 44.6. The van der Waals surface area contributed by atoms with Gasteiger partial charge in [0.2, 0.25) is 0 Å². The van der Waals surface area contributed by atoms with Crippen LogP contribution in [0.25, 0.3) is 0 Å². The van der Waals surface area contributed by atoms with Crippen LogP contribution in [0, 0.1) is 17.8 Å². The summed E-state index contributed by atoms with van der Waals surface area (Å²) in [4.78, 5) is 31.7. The summed E-state index contributed by atoms with van der Waals surface area (Å²) in [5.41, 5.74) is -4.26. The third kappa shape index (κ3) is 11.9. The Morgan fingerprint density at radius 1 is 1.00 bits per heavy atom. The highest BCUT2D eigenvalue weighted by atomic mass is 16.7. The molecule has 2 amide bonds. The molecule has 18 atom stereocenters. The molecule has 0 spiro atoms. The Morgan fingerprint density at radius 2 is 1.64 bits per heavy atom. The molecule has 3 aliphatic rings. The molecule has 344 valence electrons. The summed E-state index contributed by atoms with van der Waals surface area (Å²) < 4.78 is 45.1. The lowest BCUT2D eigenvalue weighted by atomic mass is 9.77. The maximum Gasteiger partial charge on any atom is 0.317 e. The van der Waals surface area contributed by atoms with Gasteiger partial charge in [0.15, 0.2) is 12.6 Å². The van der Waals surface area contributed by atoms with Crippen molar-refractivity contribution in [2.24, 2.45) is 17.8 Å². The number of aliphatic hydroxyl groups excluding tert-OH is 3. The van der Waals surface area contributed by atoms with E-state index in [0.717, 1.165) is 0 Å². The number of esters is 1. The van der Waals surface area contributed by atoms with Crippen molar-refractivity contribution in [2.45, 2.75) is 192 Å². The number of cyclic esters (lactones) is 1. The zero-order valence-corrected chi connectivity index (χ0v) is 38.3. The fraction of sp³-hybridized carbons (Fsp3) is 0.907. The first-order chi connectivity index (χ1) is 27.4. The number of amides is 2. The van der Waals surface area contributed by atoms with Crippen LogP contribution in [0.2, 0.25) is 0 Å². The van der Waals surface area contributed by atoms with E-state index in [0.29, 0.717) is 13.0 Å². The molecule has 3 fully saturated rings. The number of rotatable bonds is 11. The Morgan fingerprint density at radius 3 is 2.20 bits per heavy atom. The zero-order valence-electron chi connectivity index (χ0n) is 38.3. The molecule has 16 nitrogen and oxygen atoms in total. The molecule has 0 radical (unpaired) electrons. The molecule has 0 aromatic heterocycles. The van der Waals surface area contributed by atoms with E-state index in [9.17, 15) is 30.0 Å². The standard InChI is InChI=1S/C43H79N3O13/c1-16-19-54-42(11)21-24(4)23-46(40(51)44-18-3)28(8)35(48)43(12,52)31(17-2)57-38(50)27(7)34(58-32-22-41(10,53-15)36(49)29(9)56-32)26(6)37(42)59-39-33(47)30(45(13)14)20-25(5)55-39/h16,24-37,39,47-49,52H,1,17-23H2,2-15H3,(H,44,51)/t24-,25-,26+,27-,28-,29+,30+,31-,32+,33-,34+,35-,36+,37-,39+,41-,42-,43-/m1/s1. The number of ether oxygens (including phenoxy) is 7. The van der Waals surface area contributed by atoms with Gasteiger partial charge in [-0.3, -0.25) is 4.79 Å². The number of hydrogen-bond donors (Lipinski definition) is 5. The van der Waals surface area contributed by atoms with Crippen molar-refractivity contribution in [2.75, 3.05) is 40.9 Å². The Labute approximate surface area is 353 Å². The lowest BCUT2D eigenvalue weighted by Crippen LogP contribution is -2.61. The molecule has 0 aromatic carbocycles. The van der Waals surface area contributed by atoms with Gasteiger partial charge in [0.25, 0.3) is 0 Å². The second-order valence-electron chi connectivity index (χ2n) is 18.3. The molecule has 0 saturated carbocycles. The van der Waals surface area contributed by atoms with Gasteiger partial charge in [-0.25, -0.2) is 4.79 Å². The van der Waals surface area contributed by atoms with Crippen molar-refractivity contribution in [3.63, 3.8) is 0 Å². The number of nitrogens with zero attached hydrogens (tertiary/aromatic N) is 2. The second-order valence-corrected chi connectivity index (χ2v) is 18.3. The fourth-order valence-corrected chi connectivity index (χ4v) is 9.39. The van der Waals surface area contributed by atoms with Crippen LogP contribution in [0.1, 0.15) is 102 Å². The lowest BCUT2D eigenvalue weighted by Gasteiger charge is -2.50. The van der Waals surface area contributed by atoms with Gasteiger partial charge in [-0.05, 0) is 94.7 Å². The van der Waals surface area contributed by atoms with Crippen LogP contribution < -0.4 is 5.32 Å². The van der Waals surface area contributed by atoms with Crippen LogP contribution in [0.5, 0.6) is 0 Å². The molecule has 5 N–H and O–H groups in total. The Balaban J connectivity index is 2.32. The molecule has 3 heterocycles. The van der Waals surface area contributed by atoms with E-state index in [1.807, 2.05) is 46.7 Å². The number of aliphatic hydroxyl groups is 4. The van der Waals surface area contributed by atoms with Gasteiger partial charge in [-0.1, -0.05) is 26.8 Å². The SMILES string of the molecule is C=CCO[C@]1(C)C[C@@H](C)CN(C(=O)NCC)[C@H](C)[C@@H](O)[C@](C)(O)[C@@H](CC)OC(=O)[C@H](C)[C@@H](O[C@H]2C[C@@](C)(OC)[C@@H](O)[C@H](C)O2)[C@H](C)[C@H]1O[C@@H]1O[C@H](C)C[C@H](N(C)C)[C@H]1O. The van der Waals surface area contributed by atoms with Crippen molar-refractivity contribution < 1.29 is 63.2 Å². The van der Waals surface area contributed by atoms with E-state index < -0.39 is 102 Å². The van der Waals surface area contributed by atoms with Crippen molar-refractivity contribution in [3.05, 3.63) is 12.7 Å². The molecule has 0 bridgehead atoms. The van der Waals surface area contributed by atoms with E-state index in [4.69, 9.17) is 33.2 Å². The maximum atomic E-state index is 14.5. The molecule has 16 heteroatoms. The molecule has 0 unspecified atom stereocenters. The van der Waals surface area contributed by atoms with Crippen LogP contribution >= 0.6 is 0 Å². The summed E-state index contributed by atoms with van der Waals surface area (Å²) in [5, 5.41) is 49.5. The first-order valence-electron chi connectivity index (χ1n) is 21.5. The minimum absolute atomic E-state index is 0.104. The first kappa shape index (κ1) is 51.4. The van der Waals surface area contributed by atoms with Crippen LogP contribution in [0.4, 0.5) is 4.79 Å². The van der Waals surface area contributed by atoms with E-state index in [-0.39, 0.29) is 50.5 Å². The minimum Gasteiger partial charge on any atom is -0.459 e. The van der Waals surface area contributed by atoms with Gasteiger partial charge >= 0.3 is 12.0 Å². The van der Waals surface area contributed by atoms with E-state index in [1.165, 1.54) is 18.9 Å². The van der Waals surface area contributed by atoms with Gasteiger partial charge in [0, 0.05) is 38.6 Å². The fourth-order valence-electron chi connectivity index (χ4n) is 9.39. The molecule has 0 aliphatic carbocycles. The summed E-state index contributed by atoms with van der Waals surface area (Å²) in [6, 6.07) is -1.66. The second kappa shape index (κ2) is 21.4. The molecule has 3 saturated heterocycles. The highest BCUT2D eigenvalue weighted by molar-refractivity contribution is 5.74. The molecule has 3 rings (SSSR count). The van der Waals surface area contributed by atoms with Gasteiger partial charge < -0.3 is 68.7 Å². The van der Waals surface area contributed by atoms with E-state index in [2.05, 4.69) is 11.9 Å². The highest BCUT2D eigenvalue weighted by Gasteiger charge is 2.53. The Bertz CT molecular complexity index is 1360. The zero-order chi connectivity index (χ0) is 44.8. The molecule has 3 aliphatic heterocycles. The predicted octanol–water partition coefficient (Wildman–Crippen LogP) is 3.21. The van der Waals surface area contributed by atoms with Crippen molar-refractivity contribution >= 4 is 12.0 Å². The van der Waals surface area contributed by atoms with Crippen molar-refractivity contribution in [3.8, 4) is 0 Å². The monoisotopic (exact) mass is 846 g/mol. The van der Waals surface area contributed by atoms with Crippen molar-refractivity contribution in [1.29, 1.82) is 0 Å². The number of carbonyl (C=O) groups is 2. The summed E-state index contributed by atoms with van der Waals surface area (Å²) in [5.74, 6) is -2.82. The highest BCUT2D eigenvalue weighted by Crippen LogP contribution is 2.41. The Hall–Kier alpha value is -1.96. The molecular weight excluding hydrogens is 766 g/mol. The van der Waals surface area contributed by atoms with Gasteiger partial charge in [-0.15, -0.1) is 6.58 Å². The number of nitrogens with one attached hydrogen (secondary N) is 1. The van der Waals surface area contributed by atoms with Gasteiger partial charge in [0.05, 0.1) is 54.2 Å². The topological polar surface area (TPSA) is 198 Å². The van der Waals surface area contributed by atoms with E-state index in [1.54, 1.807) is 47.6 Å². The predicted molar refractivity (Wildman–Crippen MR) is 221 cm³/mol. The summed E-state index contributed by atoms with van der Waals surface area (Å²) in [7, 11) is 5.29. The van der Waals surface area contributed by atoms with Gasteiger partial charge in [0.1, 0.15) is 30.0 Å². The average molecular weight is 846 g/mol. The lowest BCUT2D eigenvalue weighted by molar-refractivity contribution is -0.320. The summed E-state index contributed by atoms with van der Waals surface area (Å²) in [6.07, 6.45) is -7.09. The number of hydrogen-bond acceptors (Lipinski definition) is 14. The smallest absolute Gasteiger partial charge is 0.317 e. The molecule has 59 heavy (non-hydrogen) atoms. The van der Waals surface area contributed by atoms with Crippen LogP contribution in [0.3, 0.4) is 0 Å². The van der Waals surface area contributed by atoms with Crippen LogP contribution in [-0.2, 0) is 38.0 Å². The molecule has 0 aromatic rings. The Kier molecular flexibility index (Phi) is 18.7. The van der Waals surface area contributed by atoms with Gasteiger partial charge in [-0.2, -0.15) is 0 Å². The largest absolute Gasteiger partial charge is 0.459 e. The average Bonchev–Trinajstić information content (AvgIpc) is 3.17. The number of methoxy groups -OCH3 is 1. The molecular formula is C43H79N3O13. The minimum atomic E-state index is -1.99. The quantitative estimate of drug-likeness (QED) is 0.150. The summed E-state index contributed by atoms with van der Waals surface area (Å²) >= 11 is 0. The summed E-state index contributed by atoms with van der Waals surface area (Å²) in [6.45, 7) is 23.9. The third-order valence-electron chi connectivity index (χ3n) is 13.0. The number of carbonyl (C=O) groups excluding carboxylic acids is 2.